The van der Waals surface area contributed by atoms with E-state index in [0.29, 0.717) is 5.36 Å². The average Bonchev–Trinajstić information content (AvgIpc) is 2.38. The molecule has 0 saturated heterocycles. The zero-order valence-corrected chi connectivity index (χ0v) is 8.55. The van der Waals surface area contributed by atoms with E-state index in [2.05, 4.69) is 5.10 Å². The van der Waals surface area contributed by atoms with Gasteiger partial charge < -0.3 is 0 Å². The van der Waals surface area contributed by atoms with Gasteiger partial charge in [0, 0.05) is 11.4 Å². The Hall–Kier alpha value is -1.66. The van der Waals surface area contributed by atoms with E-state index < -0.39 is 10.2 Å². The van der Waals surface area contributed by atoms with Gasteiger partial charge in [0.05, 0.1) is 5.36 Å². The molecule has 0 amide bonds. The molecule has 0 spiro atoms. The van der Waals surface area contributed by atoms with Crippen molar-refractivity contribution < 1.29 is 8.42 Å². The number of nitrogens with two attached hydrogens (primary N) is 1. The van der Waals surface area contributed by atoms with Crippen LogP contribution in [0.4, 0.5) is 0 Å². The van der Waals surface area contributed by atoms with Crippen LogP contribution in [0, 0.1) is 0 Å². The second-order valence-corrected chi connectivity index (χ2v) is 4.39. The van der Waals surface area contributed by atoms with Crippen molar-refractivity contribution in [2.24, 2.45) is 10.2 Å². The van der Waals surface area contributed by atoms with Crippen molar-refractivity contribution in [2.75, 3.05) is 0 Å². The molecule has 0 radical (unpaired) electrons. The van der Waals surface area contributed by atoms with Crippen LogP contribution < -0.4 is 15.7 Å². The van der Waals surface area contributed by atoms with Gasteiger partial charge in [-0.3, -0.25) is 0 Å². The summed E-state index contributed by atoms with van der Waals surface area (Å²) in [5, 5.41) is 10.3. The third kappa shape index (κ3) is 2.05. The van der Waals surface area contributed by atoms with Crippen LogP contribution in [0.15, 0.2) is 41.6 Å². The highest BCUT2D eigenvalue weighted by Gasteiger charge is 2.11. The summed E-state index contributed by atoms with van der Waals surface area (Å²) in [7, 11) is -3.83. The number of benzene rings is 1. The van der Waals surface area contributed by atoms with Crippen LogP contribution in [-0.4, -0.2) is 12.8 Å². The Morgan fingerprint density at radius 1 is 1.27 bits per heavy atom. The molecule has 0 fully saturated rings. The summed E-state index contributed by atoms with van der Waals surface area (Å²) < 4.78 is 22.9. The fraction of sp³-hybridized carbons (Fsp3) is 0. The number of allylic oxidation sites excluding steroid dienone is 1. The van der Waals surface area contributed by atoms with Crippen LogP contribution in [-0.2, 0) is 10.2 Å². The van der Waals surface area contributed by atoms with Crippen molar-refractivity contribution in [1.82, 2.24) is 4.41 Å². The van der Waals surface area contributed by atoms with Crippen molar-refractivity contribution in [3.8, 4) is 0 Å². The first-order chi connectivity index (χ1) is 7.07. The quantitative estimate of drug-likeness (QED) is 0.665. The summed E-state index contributed by atoms with van der Waals surface area (Å²) in [4.78, 5) is 0. The zero-order chi connectivity index (χ0) is 10.9. The first kappa shape index (κ1) is 9.88. The van der Waals surface area contributed by atoms with Crippen molar-refractivity contribution in [3.05, 3.63) is 47.1 Å². The van der Waals surface area contributed by atoms with Gasteiger partial charge in [0.25, 0.3) is 0 Å². The molecule has 6 heteroatoms. The van der Waals surface area contributed by atoms with E-state index >= 15 is 0 Å². The van der Waals surface area contributed by atoms with Gasteiger partial charge in [0.1, 0.15) is 0 Å². The van der Waals surface area contributed by atoms with Crippen LogP contribution in [0.1, 0.15) is 0 Å². The molecule has 0 unspecified atom stereocenters. The summed E-state index contributed by atoms with van der Waals surface area (Å²) in [6.07, 6.45) is 4.65. The maximum atomic E-state index is 11.1. The molecule has 1 aromatic carbocycles. The Labute approximate surface area is 87.0 Å². The summed E-state index contributed by atoms with van der Waals surface area (Å²) in [6, 6.07) is 7.20. The minimum Gasteiger partial charge on any atom is -0.210 e. The van der Waals surface area contributed by atoms with E-state index in [1.165, 1.54) is 6.20 Å². The molecule has 0 atom stereocenters. The molecule has 2 rings (SSSR count). The molecule has 78 valence electrons. The Kier molecular flexibility index (Phi) is 2.29. The highest BCUT2D eigenvalue weighted by atomic mass is 32.2. The van der Waals surface area contributed by atoms with Crippen LogP contribution in [0.2, 0.25) is 0 Å². The minimum atomic E-state index is -3.83. The number of hydrogen-bond acceptors (Lipinski definition) is 3. The molecule has 0 aliphatic carbocycles. The third-order valence-electron chi connectivity index (χ3n) is 1.89. The number of nitrogens with zero attached hydrogens (tertiary/aromatic N) is 2. The second kappa shape index (κ2) is 3.48. The summed E-state index contributed by atoms with van der Waals surface area (Å²) in [5.41, 5.74) is 0. The lowest BCUT2D eigenvalue weighted by molar-refractivity contribution is 0.508. The van der Waals surface area contributed by atoms with E-state index in [1.807, 2.05) is 12.1 Å². The summed E-state index contributed by atoms with van der Waals surface area (Å²) in [5.74, 6) is 0. The van der Waals surface area contributed by atoms with Gasteiger partial charge in [-0.25, -0.2) is 5.14 Å². The maximum absolute atomic E-state index is 11.1. The van der Waals surface area contributed by atoms with Crippen LogP contribution in [0.5, 0.6) is 0 Å². The highest BCUT2D eigenvalue weighted by molar-refractivity contribution is 7.86. The van der Waals surface area contributed by atoms with Crippen LogP contribution in [0.25, 0.3) is 6.08 Å². The SMILES string of the molecule is NS(=O)(=O)N1C=CC=c2ccccc2=N1. The Bertz CT molecular complexity index is 619. The molecule has 15 heavy (non-hydrogen) atoms. The average molecular weight is 223 g/mol. The minimum absolute atomic E-state index is 0.566. The normalized spacial score (nSPS) is 14.9. The molecule has 2 N–H and O–H groups in total. The van der Waals surface area contributed by atoms with Crippen molar-refractivity contribution >= 4 is 16.3 Å². The maximum Gasteiger partial charge on any atom is 0.317 e. The molecule has 1 aliphatic rings. The molecular weight excluding hydrogens is 214 g/mol. The van der Waals surface area contributed by atoms with E-state index in [9.17, 15) is 8.42 Å². The fourth-order valence-electron chi connectivity index (χ4n) is 1.22. The topological polar surface area (TPSA) is 75.8 Å². The zero-order valence-electron chi connectivity index (χ0n) is 7.74. The monoisotopic (exact) mass is 223 g/mol. The highest BCUT2D eigenvalue weighted by Crippen LogP contribution is 1.97. The predicted octanol–water partition coefficient (Wildman–Crippen LogP) is -0.965. The third-order valence-corrected chi connectivity index (χ3v) is 2.62. The Morgan fingerprint density at radius 3 is 2.73 bits per heavy atom. The molecule has 0 aromatic heterocycles. The second-order valence-electron chi connectivity index (χ2n) is 2.98. The standard InChI is InChI=1S/C9H9N3O2S/c10-15(13,14)12-7-3-5-8-4-1-2-6-9(8)11-12/h1-7H,(H2,10,13,14). The molecule has 1 aromatic rings. The molecular formula is C9H9N3O2S. The number of rotatable bonds is 1. The van der Waals surface area contributed by atoms with E-state index in [4.69, 9.17) is 5.14 Å². The van der Waals surface area contributed by atoms with Gasteiger partial charge in [0.2, 0.25) is 0 Å². The van der Waals surface area contributed by atoms with Crippen LogP contribution >= 0.6 is 0 Å². The van der Waals surface area contributed by atoms with E-state index in [0.717, 1.165) is 9.63 Å². The molecule has 0 saturated carbocycles. The van der Waals surface area contributed by atoms with E-state index in [-0.39, 0.29) is 0 Å². The predicted molar refractivity (Wildman–Crippen MR) is 55.8 cm³/mol. The molecule has 1 heterocycles. The van der Waals surface area contributed by atoms with Crippen LogP contribution in [0.3, 0.4) is 0 Å². The Balaban J connectivity index is 2.68. The number of fused-ring (bicyclic) bond motifs is 1. The largest absolute Gasteiger partial charge is 0.317 e. The lowest BCUT2D eigenvalue weighted by Crippen LogP contribution is -2.32. The van der Waals surface area contributed by atoms with E-state index in [1.54, 1.807) is 24.3 Å². The van der Waals surface area contributed by atoms with Crippen molar-refractivity contribution in [1.29, 1.82) is 0 Å². The lowest BCUT2D eigenvalue weighted by atomic mass is 10.3. The Morgan fingerprint density at radius 2 is 2.00 bits per heavy atom. The molecule has 5 nitrogen and oxygen atoms in total. The van der Waals surface area contributed by atoms with Gasteiger partial charge in [-0.15, -0.1) is 0 Å². The molecule has 0 bridgehead atoms. The van der Waals surface area contributed by atoms with Gasteiger partial charge >= 0.3 is 10.2 Å². The first-order valence-corrected chi connectivity index (χ1v) is 5.72. The van der Waals surface area contributed by atoms with Gasteiger partial charge in [-0.2, -0.15) is 17.9 Å². The fourth-order valence-corrected chi connectivity index (χ4v) is 1.66. The van der Waals surface area contributed by atoms with Crippen molar-refractivity contribution in [3.63, 3.8) is 0 Å². The number of hydrogen-bond donors (Lipinski definition) is 1. The lowest BCUT2D eigenvalue weighted by Gasteiger charge is -2.08. The summed E-state index contributed by atoms with van der Waals surface area (Å²) in [6.45, 7) is 0. The smallest absolute Gasteiger partial charge is 0.210 e. The van der Waals surface area contributed by atoms with Gasteiger partial charge in [-0.05, 0) is 12.1 Å². The van der Waals surface area contributed by atoms with Crippen molar-refractivity contribution in [2.45, 2.75) is 0 Å². The van der Waals surface area contributed by atoms with Gasteiger partial charge in [0.15, 0.2) is 0 Å². The van der Waals surface area contributed by atoms with Gasteiger partial charge in [-0.1, -0.05) is 24.3 Å². The molecule has 1 aliphatic heterocycles. The first-order valence-electron chi connectivity index (χ1n) is 4.22. The summed E-state index contributed by atoms with van der Waals surface area (Å²) >= 11 is 0.